The number of hydrogen-bond donors (Lipinski definition) is 0. The maximum Gasteiger partial charge on any atom is 0.0689 e. The third kappa shape index (κ3) is 4.96. The molecular weight excluding hydrogens is 278 g/mol. The van der Waals surface area contributed by atoms with Crippen molar-refractivity contribution in [2.45, 2.75) is 77.0 Å². The van der Waals surface area contributed by atoms with Gasteiger partial charge >= 0.3 is 0 Å². The highest BCUT2D eigenvalue weighted by Crippen LogP contribution is 2.45. The summed E-state index contributed by atoms with van der Waals surface area (Å²) >= 11 is 0. The van der Waals surface area contributed by atoms with E-state index in [0.29, 0.717) is 5.92 Å². The molecule has 124 valence electrons. The Bertz CT molecular complexity index is 512. The molecule has 2 rings (SSSR count). The number of benzene rings is 1. The maximum absolute atomic E-state index is 9.58. The van der Waals surface area contributed by atoms with Crippen molar-refractivity contribution in [3.63, 3.8) is 0 Å². The third-order valence-electron chi connectivity index (χ3n) is 5.53. The molecule has 0 saturated heterocycles. The van der Waals surface area contributed by atoms with Crippen molar-refractivity contribution in [3.05, 3.63) is 48.0 Å². The van der Waals surface area contributed by atoms with Crippen molar-refractivity contribution in [1.29, 1.82) is 5.26 Å². The Morgan fingerprint density at radius 2 is 1.91 bits per heavy atom. The van der Waals surface area contributed by atoms with Crippen LogP contribution in [0.5, 0.6) is 0 Å². The van der Waals surface area contributed by atoms with E-state index in [-0.39, 0.29) is 5.41 Å². The van der Waals surface area contributed by atoms with Crippen molar-refractivity contribution in [3.8, 4) is 6.07 Å². The average molecular weight is 309 g/mol. The molecule has 0 aromatic heterocycles. The lowest BCUT2D eigenvalue weighted by Gasteiger charge is -2.35. The Morgan fingerprint density at radius 3 is 2.48 bits per heavy atom. The van der Waals surface area contributed by atoms with Crippen LogP contribution in [0.15, 0.2) is 36.9 Å². The molecule has 1 nitrogen and oxygen atoms in total. The number of aryl methyl sites for hydroxylation is 1. The number of nitriles is 1. The number of nitrogens with zero attached hydrogens (tertiary/aromatic N) is 1. The van der Waals surface area contributed by atoms with Gasteiger partial charge in [-0.15, -0.1) is 6.58 Å². The molecule has 0 N–H and O–H groups in total. The molecule has 23 heavy (non-hydrogen) atoms. The fourth-order valence-electron chi connectivity index (χ4n) is 3.84. The second-order valence-electron chi connectivity index (χ2n) is 7.19. The predicted octanol–water partition coefficient (Wildman–Crippen LogP) is 6.55. The smallest absolute Gasteiger partial charge is 0.0689 e. The van der Waals surface area contributed by atoms with Gasteiger partial charge < -0.3 is 0 Å². The van der Waals surface area contributed by atoms with E-state index in [1.807, 2.05) is 6.08 Å². The molecule has 1 aromatic carbocycles. The Morgan fingerprint density at radius 1 is 1.22 bits per heavy atom. The molecule has 1 aliphatic carbocycles. The van der Waals surface area contributed by atoms with Crippen molar-refractivity contribution in [2.24, 2.45) is 5.41 Å². The quantitative estimate of drug-likeness (QED) is 0.394. The molecule has 0 spiro atoms. The van der Waals surface area contributed by atoms with Crippen LogP contribution in [0.2, 0.25) is 0 Å². The molecule has 0 atom stereocenters. The number of allylic oxidation sites excluding steroid dienone is 1. The van der Waals surface area contributed by atoms with Gasteiger partial charge in [0.2, 0.25) is 0 Å². The lowest BCUT2D eigenvalue weighted by molar-refractivity contribution is 0.231. The van der Waals surface area contributed by atoms with Crippen LogP contribution in [0.25, 0.3) is 0 Å². The second-order valence-corrected chi connectivity index (χ2v) is 7.19. The van der Waals surface area contributed by atoms with Crippen molar-refractivity contribution >= 4 is 0 Å². The minimum atomic E-state index is -0.0925. The number of unbranched alkanes of at least 4 members (excludes halogenated alkanes) is 2. The summed E-state index contributed by atoms with van der Waals surface area (Å²) in [5, 5.41) is 9.58. The zero-order valence-corrected chi connectivity index (χ0v) is 14.7. The third-order valence-corrected chi connectivity index (χ3v) is 5.53. The molecule has 1 aliphatic rings. The summed E-state index contributed by atoms with van der Waals surface area (Å²) in [6, 6.07) is 11.9. The Balaban J connectivity index is 1.89. The second kappa shape index (κ2) is 8.92. The molecule has 1 saturated carbocycles. The molecule has 1 aromatic rings. The summed E-state index contributed by atoms with van der Waals surface area (Å²) in [5.74, 6) is 0.643. The van der Waals surface area contributed by atoms with Crippen LogP contribution in [0.3, 0.4) is 0 Å². The Hall–Kier alpha value is -1.55. The summed E-state index contributed by atoms with van der Waals surface area (Å²) in [4.78, 5) is 0. The topological polar surface area (TPSA) is 23.8 Å². The molecule has 0 radical (unpaired) electrons. The van der Waals surface area contributed by atoms with Crippen molar-refractivity contribution < 1.29 is 0 Å². The van der Waals surface area contributed by atoms with Gasteiger partial charge in [-0.1, -0.05) is 50.1 Å². The van der Waals surface area contributed by atoms with E-state index in [2.05, 4.69) is 43.8 Å². The fraction of sp³-hybridized carbons (Fsp3) is 0.591. The highest BCUT2D eigenvalue weighted by molar-refractivity contribution is 5.26. The van der Waals surface area contributed by atoms with Crippen LogP contribution in [0.1, 0.15) is 81.8 Å². The summed E-state index contributed by atoms with van der Waals surface area (Å²) in [6.45, 7) is 6.05. The van der Waals surface area contributed by atoms with Gasteiger partial charge in [0.05, 0.1) is 11.5 Å². The zero-order chi connectivity index (χ0) is 16.5. The van der Waals surface area contributed by atoms with Crippen LogP contribution < -0.4 is 0 Å². The predicted molar refractivity (Wildman–Crippen MR) is 98.4 cm³/mol. The van der Waals surface area contributed by atoms with Crippen LogP contribution in [-0.4, -0.2) is 0 Å². The highest BCUT2D eigenvalue weighted by Gasteiger charge is 2.35. The van der Waals surface area contributed by atoms with E-state index in [1.165, 1.54) is 36.8 Å². The van der Waals surface area contributed by atoms with Gasteiger partial charge in [0.25, 0.3) is 0 Å². The molecule has 0 heterocycles. The normalized spacial score (nSPS) is 24.1. The largest absolute Gasteiger partial charge is 0.198 e. The molecule has 0 aliphatic heterocycles. The number of hydrogen-bond acceptors (Lipinski definition) is 1. The summed E-state index contributed by atoms with van der Waals surface area (Å²) in [7, 11) is 0. The lowest BCUT2D eigenvalue weighted by Crippen LogP contribution is -2.25. The molecule has 0 amide bonds. The lowest BCUT2D eigenvalue weighted by atomic mass is 9.67. The number of rotatable bonds is 8. The van der Waals surface area contributed by atoms with Crippen LogP contribution in [0, 0.1) is 16.7 Å². The van der Waals surface area contributed by atoms with Crippen molar-refractivity contribution in [2.75, 3.05) is 0 Å². The van der Waals surface area contributed by atoms with E-state index < -0.39 is 0 Å². The maximum atomic E-state index is 9.58. The minimum absolute atomic E-state index is 0.0925. The molecular formula is C22H31N. The van der Waals surface area contributed by atoms with Gasteiger partial charge in [-0.3, -0.25) is 0 Å². The zero-order valence-electron chi connectivity index (χ0n) is 14.7. The first-order valence-electron chi connectivity index (χ1n) is 9.34. The van der Waals surface area contributed by atoms with E-state index >= 15 is 0 Å². The van der Waals surface area contributed by atoms with E-state index in [4.69, 9.17) is 0 Å². The van der Waals surface area contributed by atoms with E-state index in [9.17, 15) is 5.26 Å². The van der Waals surface area contributed by atoms with Crippen LogP contribution in [-0.2, 0) is 6.42 Å². The van der Waals surface area contributed by atoms with E-state index in [0.717, 1.165) is 38.5 Å². The molecule has 1 heteroatoms. The summed E-state index contributed by atoms with van der Waals surface area (Å²) in [6.07, 6.45) is 13.4. The van der Waals surface area contributed by atoms with Gasteiger partial charge in [0, 0.05) is 0 Å². The first-order chi connectivity index (χ1) is 11.2. The molecule has 1 fully saturated rings. The van der Waals surface area contributed by atoms with Gasteiger partial charge in [0.15, 0.2) is 0 Å². The van der Waals surface area contributed by atoms with Gasteiger partial charge in [-0.25, -0.2) is 0 Å². The van der Waals surface area contributed by atoms with Crippen LogP contribution >= 0.6 is 0 Å². The first kappa shape index (κ1) is 17.8. The van der Waals surface area contributed by atoms with Crippen molar-refractivity contribution in [1.82, 2.24) is 0 Å². The molecule has 0 unspecified atom stereocenters. The Labute approximate surface area is 142 Å². The highest BCUT2D eigenvalue weighted by atomic mass is 14.4. The molecule has 0 bridgehead atoms. The average Bonchev–Trinajstić information content (AvgIpc) is 2.61. The van der Waals surface area contributed by atoms with Gasteiger partial charge in [-0.05, 0) is 68.4 Å². The SMILES string of the molecule is C=CCCC1(C#N)CCC(c2ccc(CCCCC)cc2)CC1. The summed E-state index contributed by atoms with van der Waals surface area (Å²) in [5.41, 5.74) is 2.85. The minimum Gasteiger partial charge on any atom is -0.198 e. The Kier molecular flexibility index (Phi) is 6.90. The van der Waals surface area contributed by atoms with E-state index in [1.54, 1.807) is 0 Å². The standard InChI is InChI=1S/C22H31N/c1-3-5-7-8-19-9-11-20(12-10-19)21-13-16-22(18-23,17-14-21)15-6-4-2/h4,9-12,21H,2-3,5-8,13-17H2,1H3. The monoisotopic (exact) mass is 309 g/mol. The summed E-state index contributed by atoms with van der Waals surface area (Å²) < 4.78 is 0. The van der Waals surface area contributed by atoms with Gasteiger partial charge in [0.1, 0.15) is 0 Å². The first-order valence-corrected chi connectivity index (χ1v) is 9.34. The van der Waals surface area contributed by atoms with Gasteiger partial charge in [-0.2, -0.15) is 5.26 Å². The fourth-order valence-corrected chi connectivity index (χ4v) is 3.84. The van der Waals surface area contributed by atoms with Crippen LogP contribution in [0.4, 0.5) is 0 Å².